The number of benzene rings is 1. The number of aryl methyl sites for hydroxylation is 1. The summed E-state index contributed by atoms with van der Waals surface area (Å²) in [4.78, 5) is 0. The summed E-state index contributed by atoms with van der Waals surface area (Å²) in [6.07, 6.45) is 2.24. The van der Waals surface area contributed by atoms with E-state index in [1.807, 2.05) is 12.1 Å². The topological polar surface area (TPSA) is 32.3 Å². The van der Waals surface area contributed by atoms with E-state index in [0.29, 0.717) is 22.6 Å². The van der Waals surface area contributed by atoms with E-state index in [1.165, 1.54) is 11.1 Å². The van der Waals surface area contributed by atoms with Gasteiger partial charge in [-0.25, -0.2) is 0 Å². The molecule has 104 valence electrons. The van der Waals surface area contributed by atoms with Crippen LogP contribution in [0.4, 0.5) is 0 Å². The van der Waals surface area contributed by atoms with Gasteiger partial charge in [-0.3, -0.25) is 0 Å². The number of phenols is 1. The minimum atomic E-state index is 0.392. The molecule has 19 heavy (non-hydrogen) atoms. The molecule has 2 aliphatic rings. The van der Waals surface area contributed by atoms with Gasteiger partial charge in [0.15, 0.2) is 0 Å². The van der Waals surface area contributed by atoms with Gasteiger partial charge in [0.25, 0.3) is 0 Å². The molecule has 1 aromatic rings. The summed E-state index contributed by atoms with van der Waals surface area (Å²) in [5.74, 6) is 1.16. The van der Waals surface area contributed by atoms with Crippen LogP contribution in [0.15, 0.2) is 18.2 Å². The van der Waals surface area contributed by atoms with Gasteiger partial charge in [0, 0.05) is 6.04 Å². The van der Waals surface area contributed by atoms with Crippen LogP contribution in [0, 0.1) is 16.7 Å². The zero-order valence-electron chi connectivity index (χ0n) is 12.5. The van der Waals surface area contributed by atoms with E-state index in [9.17, 15) is 5.11 Å². The summed E-state index contributed by atoms with van der Waals surface area (Å²) in [5.41, 5.74) is 3.60. The first-order valence-corrected chi connectivity index (χ1v) is 7.39. The predicted molar refractivity (Wildman–Crippen MR) is 78.2 cm³/mol. The lowest BCUT2D eigenvalue weighted by Crippen LogP contribution is -2.23. The van der Waals surface area contributed by atoms with Crippen molar-refractivity contribution < 1.29 is 5.11 Å². The van der Waals surface area contributed by atoms with Crippen molar-refractivity contribution >= 4 is 0 Å². The van der Waals surface area contributed by atoms with Gasteiger partial charge >= 0.3 is 0 Å². The third-order valence-corrected chi connectivity index (χ3v) is 6.09. The third kappa shape index (κ3) is 1.88. The second kappa shape index (κ2) is 3.99. The summed E-state index contributed by atoms with van der Waals surface area (Å²) >= 11 is 0. The normalized spacial score (nSPS) is 27.3. The Balaban J connectivity index is 1.65. The molecule has 1 atom stereocenters. The van der Waals surface area contributed by atoms with E-state index in [0.717, 1.165) is 25.3 Å². The highest BCUT2D eigenvalue weighted by atomic mass is 16.3. The van der Waals surface area contributed by atoms with Crippen LogP contribution in [0.3, 0.4) is 0 Å². The first kappa shape index (κ1) is 13.0. The number of nitrogens with one attached hydrogen (secondary N) is 1. The van der Waals surface area contributed by atoms with Crippen molar-refractivity contribution in [2.24, 2.45) is 16.7 Å². The van der Waals surface area contributed by atoms with E-state index in [2.05, 4.69) is 39.1 Å². The number of fused-ring (bicyclic) bond motifs is 1. The number of hydrogen-bond donors (Lipinski definition) is 2. The Morgan fingerprint density at radius 1 is 1.21 bits per heavy atom. The van der Waals surface area contributed by atoms with Crippen LogP contribution in [-0.4, -0.2) is 11.7 Å². The van der Waals surface area contributed by atoms with Crippen molar-refractivity contribution in [3.63, 3.8) is 0 Å². The molecule has 0 saturated heterocycles. The molecule has 2 aliphatic carbocycles. The zero-order chi connectivity index (χ0) is 13.8. The van der Waals surface area contributed by atoms with E-state index >= 15 is 0 Å². The van der Waals surface area contributed by atoms with Gasteiger partial charge in [-0.1, -0.05) is 33.8 Å². The minimum absolute atomic E-state index is 0.392. The third-order valence-electron chi connectivity index (χ3n) is 6.09. The minimum Gasteiger partial charge on any atom is -0.508 e. The molecule has 2 N–H and O–H groups in total. The predicted octanol–water partition coefficient (Wildman–Crippen LogP) is 3.65. The van der Waals surface area contributed by atoms with Gasteiger partial charge in [0.1, 0.15) is 5.75 Å². The van der Waals surface area contributed by atoms with Crippen LogP contribution in [0.1, 0.15) is 51.3 Å². The molecule has 1 fully saturated rings. The Bertz CT molecular complexity index is 490. The first-order valence-electron chi connectivity index (χ1n) is 7.39. The highest BCUT2D eigenvalue weighted by Gasteiger charge is 2.63. The SMILES string of the molecule is CC1(C)C(CNC2CCc3cc(O)ccc32)C1(C)C. The van der Waals surface area contributed by atoms with Crippen LogP contribution >= 0.6 is 0 Å². The standard InChI is InChI=1S/C17H25NO/c1-16(2)15(17(16,3)4)10-18-14-8-5-11-9-12(19)6-7-13(11)14/h6-7,9,14-15,18-19H,5,8,10H2,1-4H3. The van der Waals surface area contributed by atoms with Gasteiger partial charge in [0.2, 0.25) is 0 Å². The van der Waals surface area contributed by atoms with Crippen LogP contribution in [-0.2, 0) is 6.42 Å². The maximum Gasteiger partial charge on any atom is 0.115 e. The molecule has 0 bridgehead atoms. The maximum absolute atomic E-state index is 9.53. The largest absolute Gasteiger partial charge is 0.508 e. The lowest BCUT2D eigenvalue weighted by atomic mass is 10.0. The van der Waals surface area contributed by atoms with Crippen LogP contribution in [0.2, 0.25) is 0 Å². The average molecular weight is 259 g/mol. The van der Waals surface area contributed by atoms with Crippen LogP contribution in [0.25, 0.3) is 0 Å². The molecule has 1 aromatic carbocycles. The number of rotatable bonds is 3. The monoisotopic (exact) mass is 259 g/mol. The summed E-state index contributed by atoms with van der Waals surface area (Å²) in [6.45, 7) is 10.6. The number of hydrogen-bond acceptors (Lipinski definition) is 2. The summed E-state index contributed by atoms with van der Waals surface area (Å²) in [5, 5.41) is 13.3. The van der Waals surface area contributed by atoms with Crippen molar-refractivity contribution in [1.82, 2.24) is 5.32 Å². The summed E-state index contributed by atoms with van der Waals surface area (Å²) < 4.78 is 0. The molecular weight excluding hydrogens is 234 g/mol. The fraction of sp³-hybridized carbons (Fsp3) is 0.647. The Kier molecular flexibility index (Phi) is 2.72. The lowest BCUT2D eigenvalue weighted by molar-refractivity contribution is 0.457. The second-order valence-electron chi connectivity index (χ2n) is 7.38. The number of phenolic OH excluding ortho intramolecular Hbond substituents is 1. The van der Waals surface area contributed by atoms with Crippen molar-refractivity contribution in [3.05, 3.63) is 29.3 Å². The van der Waals surface area contributed by atoms with Crippen molar-refractivity contribution in [3.8, 4) is 5.75 Å². The molecule has 3 rings (SSSR count). The molecular formula is C17H25NO. The fourth-order valence-corrected chi connectivity index (χ4v) is 3.92. The Morgan fingerprint density at radius 2 is 1.89 bits per heavy atom. The molecule has 2 heteroatoms. The molecule has 1 saturated carbocycles. The van der Waals surface area contributed by atoms with E-state index in [4.69, 9.17) is 0 Å². The average Bonchev–Trinajstić information content (AvgIpc) is 2.64. The van der Waals surface area contributed by atoms with Crippen molar-refractivity contribution in [1.29, 1.82) is 0 Å². The molecule has 0 aromatic heterocycles. The Labute approximate surface area is 116 Å². The van der Waals surface area contributed by atoms with Crippen LogP contribution < -0.4 is 5.32 Å². The first-order chi connectivity index (χ1) is 8.84. The van der Waals surface area contributed by atoms with Gasteiger partial charge in [-0.05, 0) is 59.4 Å². The highest BCUT2D eigenvalue weighted by molar-refractivity contribution is 5.40. The second-order valence-corrected chi connectivity index (χ2v) is 7.38. The molecule has 2 nitrogen and oxygen atoms in total. The van der Waals surface area contributed by atoms with E-state index < -0.39 is 0 Å². The maximum atomic E-state index is 9.53. The Hall–Kier alpha value is -1.02. The zero-order valence-corrected chi connectivity index (χ0v) is 12.5. The molecule has 0 heterocycles. The molecule has 0 amide bonds. The smallest absolute Gasteiger partial charge is 0.115 e. The lowest BCUT2D eigenvalue weighted by Gasteiger charge is -2.15. The summed E-state index contributed by atoms with van der Waals surface area (Å²) in [7, 11) is 0. The van der Waals surface area contributed by atoms with Crippen molar-refractivity contribution in [2.75, 3.05) is 6.54 Å². The fourth-order valence-electron chi connectivity index (χ4n) is 3.92. The highest BCUT2D eigenvalue weighted by Crippen LogP contribution is 2.68. The van der Waals surface area contributed by atoms with Crippen molar-refractivity contribution in [2.45, 2.75) is 46.6 Å². The number of aromatic hydroxyl groups is 1. The van der Waals surface area contributed by atoms with Gasteiger partial charge in [-0.2, -0.15) is 0 Å². The molecule has 0 spiro atoms. The molecule has 0 radical (unpaired) electrons. The van der Waals surface area contributed by atoms with E-state index in [1.54, 1.807) is 0 Å². The van der Waals surface area contributed by atoms with Gasteiger partial charge < -0.3 is 10.4 Å². The van der Waals surface area contributed by atoms with Gasteiger partial charge in [0.05, 0.1) is 0 Å². The Morgan fingerprint density at radius 3 is 2.53 bits per heavy atom. The van der Waals surface area contributed by atoms with Gasteiger partial charge in [-0.15, -0.1) is 0 Å². The van der Waals surface area contributed by atoms with E-state index in [-0.39, 0.29) is 0 Å². The molecule has 0 aliphatic heterocycles. The quantitative estimate of drug-likeness (QED) is 0.868. The van der Waals surface area contributed by atoms with Crippen LogP contribution in [0.5, 0.6) is 5.75 Å². The molecule has 1 unspecified atom stereocenters. The summed E-state index contributed by atoms with van der Waals surface area (Å²) in [6, 6.07) is 6.28.